The van der Waals surface area contributed by atoms with E-state index in [1.807, 2.05) is 0 Å². The monoisotopic (exact) mass is 242 g/mol. The van der Waals surface area contributed by atoms with Gasteiger partial charge >= 0.3 is 5.97 Å². The summed E-state index contributed by atoms with van der Waals surface area (Å²) in [6.45, 7) is 4.20. The fourth-order valence-electron chi connectivity index (χ4n) is 1.73. The predicted molar refractivity (Wildman–Crippen MR) is 68.9 cm³/mol. The topological polar surface area (TPSA) is 43.4 Å². The molecule has 0 aromatic rings. The molecule has 0 aromatic carbocycles. The summed E-state index contributed by atoms with van der Waals surface area (Å²) in [6, 6.07) is 0. The summed E-state index contributed by atoms with van der Waals surface area (Å²) in [4.78, 5) is 22.2. The number of hydrogen-bond donors (Lipinski definition) is 0. The highest BCUT2D eigenvalue weighted by Gasteiger charge is 2.13. The van der Waals surface area contributed by atoms with Crippen molar-refractivity contribution < 1.29 is 14.3 Å². The van der Waals surface area contributed by atoms with Gasteiger partial charge in [-0.3, -0.25) is 4.79 Å². The summed E-state index contributed by atoms with van der Waals surface area (Å²) >= 11 is 0. The molecule has 0 atom stereocenters. The second-order valence-corrected chi connectivity index (χ2v) is 4.37. The highest BCUT2D eigenvalue weighted by atomic mass is 16.5. The van der Waals surface area contributed by atoms with Crippen molar-refractivity contribution in [2.75, 3.05) is 6.61 Å². The zero-order chi connectivity index (χ0) is 12.9. The Kier molecular flexibility index (Phi) is 11.0. The molecule has 0 aliphatic heterocycles. The minimum absolute atomic E-state index is 0.280. The quantitative estimate of drug-likeness (QED) is 0.315. The molecule has 0 bridgehead atoms. The summed E-state index contributed by atoms with van der Waals surface area (Å²) in [6.07, 6.45) is 9.80. The molecule has 0 rings (SSSR count). The summed E-state index contributed by atoms with van der Waals surface area (Å²) in [7, 11) is 0. The van der Waals surface area contributed by atoms with E-state index in [2.05, 4.69) is 11.7 Å². The molecule has 0 heterocycles. The molecule has 0 amide bonds. The van der Waals surface area contributed by atoms with E-state index in [-0.39, 0.29) is 12.4 Å². The van der Waals surface area contributed by atoms with Gasteiger partial charge in [0.15, 0.2) is 0 Å². The minimum Gasteiger partial charge on any atom is -0.460 e. The summed E-state index contributed by atoms with van der Waals surface area (Å²) < 4.78 is 4.64. The van der Waals surface area contributed by atoms with E-state index < -0.39 is 5.97 Å². The molecule has 0 fully saturated rings. The van der Waals surface area contributed by atoms with E-state index in [1.54, 1.807) is 6.92 Å². The third-order valence-corrected chi connectivity index (χ3v) is 2.76. The van der Waals surface area contributed by atoms with Crippen molar-refractivity contribution in [3.8, 4) is 0 Å². The summed E-state index contributed by atoms with van der Waals surface area (Å²) in [5, 5.41) is 0. The number of Topliss-reactive ketones (excluding diaryl/α,β-unsaturated/α-hetero) is 1. The number of hydrogen-bond acceptors (Lipinski definition) is 3. The lowest BCUT2D eigenvalue weighted by atomic mass is 10.1. The second-order valence-electron chi connectivity index (χ2n) is 4.37. The number of unbranched alkanes of at least 4 members (excludes halogenated alkanes) is 7. The molecule has 3 heteroatoms. The van der Waals surface area contributed by atoms with Gasteiger partial charge in [-0.2, -0.15) is 0 Å². The van der Waals surface area contributed by atoms with Crippen LogP contribution in [0.15, 0.2) is 0 Å². The molecule has 0 aliphatic rings. The Labute approximate surface area is 105 Å². The zero-order valence-corrected chi connectivity index (χ0v) is 11.3. The van der Waals surface area contributed by atoms with Crippen molar-refractivity contribution in [2.45, 2.75) is 71.6 Å². The Morgan fingerprint density at radius 1 is 0.824 bits per heavy atom. The molecule has 0 N–H and O–H groups in total. The molecule has 17 heavy (non-hydrogen) atoms. The van der Waals surface area contributed by atoms with E-state index in [0.29, 0.717) is 6.42 Å². The minimum atomic E-state index is -0.671. The van der Waals surface area contributed by atoms with E-state index in [0.717, 1.165) is 12.8 Å². The van der Waals surface area contributed by atoms with Crippen LogP contribution in [0.25, 0.3) is 0 Å². The molecule has 100 valence electrons. The van der Waals surface area contributed by atoms with Gasteiger partial charge in [-0.25, -0.2) is 4.79 Å². The van der Waals surface area contributed by atoms with Crippen LogP contribution in [0.3, 0.4) is 0 Å². The maximum atomic E-state index is 11.2. The Balaban J connectivity index is 3.27. The average molecular weight is 242 g/mol. The summed E-state index contributed by atoms with van der Waals surface area (Å²) in [5.74, 6) is -1.05. The van der Waals surface area contributed by atoms with Crippen molar-refractivity contribution in [3.05, 3.63) is 0 Å². The smallest absolute Gasteiger partial charge is 0.374 e. The first-order valence-corrected chi connectivity index (χ1v) is 6.92. The highest BCUT2D eigenvalue weighted by molar-refractivity contribution is 6.33. The molecule has 0 saturated carbocycles. The number of carbonyl (C=O) groups excluding carboxylic acids is 2. The van der Waals surface area contributed by atoms with E-state index in [9.17, 15) is 9.59 Å². The van der Waals surface area contributed by atoms with Crippen LogP contribution < -0.4 is 0 Å². The molecule has 0 aromatic heterocycles. The van der Waals surface area contributed by atoms with E-state index >= 15 is 0 Å². The molecule has 0 aliphatic carbocycles. The third-order valence-electron chi connectivity index (χ3n) is 2.76. The highest BCUT2D eigenvalue weighted by Crippen LogP contribution is 2.09. The number of ether oxygens (including phenoxy) is 1. The van der Waals surface area contributed by atoms with Crippen molar-refractivity contribution in [1.82, 2.24) is 0 Å². The van der Waals surface area contributed by atoms with Gasteiger partial charge in [0.1, 0.15) is 0 Å². The Morgan fingerprint density at radius 3 is 1.88 bits per heavy atom. The van der Waals surface area contributed by atoms with Crippen molar-refractivity contribution in [1.29, 1.82) is 0 Å². The first kappa shape index (κ1) is 16.1. The molecular formula is C14H26O3. The Morgan fingerprint density at radius 2 is 1.35 bits per heavy atom. The molecule has 0 radical (unpaired) electrons. The van der Waals surface area contributed by atoms with Crippen LogP contribution >= 0.6 is 0 Å². The maximum absolute atomic E-state index is 11.2. The van der Waals surface area contributed by atoms with Crippen LogP contribution in [0.2, 0.25) is 0 Å². The van der Waals surface area contributed by atoms with Crippen molar-refractivity contribution in [3.63, 3.8) is 0 Å². The van der Waals surface area contributed by atoms with Crippen LogP contribution in [-0.4, -0.2) is 18.4 Å². The van der Waals surface area contributed by atoms with Gasteiger partial charge < -0.3 is 4.74 Å². The lowest BCUT2D eigenvalue weighted by Crippen LogP contribution is -2.16. The lowest BCUT2D eigenvalue weighted by molar-refractivity contribution is -0.153. The van der Waals surface area contributed by atoms with E-state index in [1.165, 1.54) is 38.5 Å². The van der Waals surface area contributed by atoms with Gasteiger partial charge in [0.2, 0.25) is 5.78 Å². The first-order valence-electron chi connectivity index (χ1n) is 6.92. The van der Waals surface area contributed by atoms with Gasteiger partial charge in [-0.05, 0) is 13.3 Å². The van der Waals surface area contributed by atoms with Crippen LogP contribution in [-0.2, 0) is 14.3 Å². The van der Waals surface area contributed by atoms with Crippen molar-refractivity contribution in [2.24, 2.45) is 0 Å². The Bertz CT molecular complexity index is 212. The predicted octanol–water partition coefficient (Wildman–Crippen LogP) is 3.65. The number of rotatable bonds is 11. The largest absolute Gasteiger partial charge is 0.460 e. The first-order chi connectivity index (χ1) is 8.22. The number of ketones is 1. The normalized spacial score (nSPS) is 10.2. The molecule has 0 spiro atoms. The number of carbonyl (C=O) groups is 2. The van der Waals surface area contributed by atoms with Crippen LogP contribution in [0, 0.1) is 0 Å². The van der Waals surface area contributed by atoms with Gasteiger partial charge in [0.25, 0.3) is 0 Å². The maximum Gasteiger partial charge on any atom is 0.374 e. The van der Waals surface area contributed by atoms with Gasteiger partial charge in [-0.15, -0.1) is 0 Å². The standard InChI is InChI=1S/C14H26O3/c1-3-5-6-7-8-9-10-11-12-13(15)14(16)17-4-2/h3-12H2,1-2H3. The van der Waals surface area contributed by atoms with Gasteiger partial charge in [0.05, 0.1) is 6.61 Å². The molecular weight excluding hydrogens is 216 g/mol. The van der Waals surface area contributed by atoms with Gasteiger partial charge in [0, 0.05) is 6.42 Å². The molecule has 0 unspecified atom stereocenters. The van der Waals surface area contributed by atoms with Gasteiger partial charge in [-0.1, -0.05) is 51.9 Å². The van der Waals surface area contributed by atoms with Crippen molar-refractivity contribution >= 4 is 11.8 Å². The second kappa shape index (κ2) is 11.6. The van der Waals surface area contributed by atoms with E-state index in [4.69, 9.17) is 0 Å². The number of esters is 1. The zero-order valence-electron chi connectivity index (χ0n) is 11.3. The fraction of sp³-hybridized carbons (Fsp3) is 0.857. The lowest BCUT2D eigenvalue weighted by Gasteiger charge is -2.02. The molecule has 3 nitrogen and oxygen atoms in total. The Hall–Kier alpha value is -0.860. The van der Waals surface area contributed by atoms with Crippen LogP contribution in [0.1, 0.15) is 71.6 Å². The average Bonchev–Trinajstić information content (AvgIpc) is 2.32. The fourth-order valence-corrected chi connectivity index (χ4v) is 1.73. The SMILES string of the molecule is CCCCCCCCCCC(=O)C(=O)OCC. The third kappa shape index (κ3) is 10.0. The summed E-state index contributed by atoms with van der Waals surface area (Å²) in [5.41, 5.74) is 0. The molecule has 0 saturated heterocycles. The van der Waals surface area contributed by atoms with Crippen LogP contribution in [0.5, 0.6) is 0 Å². The van der Waals surface area contributed by atoms with Crippen LogP contribution in [0.4, 0.5) is 0 Å².